The summed E-state index contributed by atoms with van der Waals surface area (Å²) in [6.45, 7) is 0. The first-order valence-electron chi connectivity index (χ1n) is 8.85. The van der Waals surface area contributed by atoms with Crippen molar-refractivity contribution in [2.75, 3.05) is 7.11 Å². The molecule has 5 heteroatoms. The van der Waals surface area contributed by atoms with Crippen molar-refractivity contribution >= 4 is 28.8 Å². The molecule has 0 unspecified atom stereocenters. The van der Waals surface area contributed by atoms with Crippen LogP contribution < -0.4 is 4.74 Å². The molecule has 1 saturated heterocycles. The monoisotopic (exact) mass is 346 g/mol. The van der Waals surface area contributed by atoms with Gasteiger partial charge in [0.1, 0.15) is 5.75 Å². The minimum Gasteiger partial charge on any atom is -0.496 e. The second-order valence-corrected chi connectivity index (χ2v) is 7.14. The molecule has 130 valence electrons. The first-order chi connectivity index (χ1) is 12.7. The molecule has 0 N–H and O–H groups in total. The lowest BCUT2D eigenvalue weighted by molar-refractivity contribution is -0.140. The normalized spacial score (nSPS) is 29.3. The predicted molar refractivity (Wildman–Crippen MR) is 97.7 cm³/mol. The van der Waals surface area contributed by atoms with Crippen LogP contribution in [0.25, 0.3) is 10.8 Å². The lowest BCUT2D eigenvalue weighted by Gasteiger charge is -2.13. The summed E-state index contributed by atoms with van der Waals surface area (Å²) in [5, 5.41) is 7.39. The average molecular weight is 346 g/mol. The van der Waals surface area contributed by atoms with Crippen molar-refractivity contribution in [3.05, 3.63) is 54.1 Å². The minimum absolute atomic E-state index is 0.174. The van der Waals surface area contributed by atoms with Crippen LogP contribution in [-0.2, 0) is 9.59 Å². The molecule has 2 amide bonds. The molecule has 1 aliphatic heterocycles. The third-order valence-electron chi connectivity index (χ3n) is 5.90. The van der Waals surface area contributed by atoms with E-state index in [1.165, 1.54) is 0 Å². The van der Waals surface area contributed by atoms with Crippen LogP contribution in [0.15, 0.2) is 53.7 Å². The van der Waals surface area contributed by atoms with Crippen molar-refractivity contribution in [3.63, 3.8) is 0 Å². The van der Waals surface area contributed by atoms with Crippen LogP contribution in [0.4, 0.5) is 0 Å². The van der Waals surface area contributed by atoms with Crippen LogP contribution in [0, 0.1) is 23.7 Å². The second-order valence-electron chi connectivity index (χ2n) is 7.14. The van der Waals surface area contributed by atoms with Gasteiger partial charge in [-0.2, -0.15) is 10.1 Å². The molecule has 5 nitrogen and oxygen atoms in total. The number of benzene rings is 2. The van der Waals surface area contributed by atoms with Gasteiger partial charge in [0, 0.05) is 5.56 Å². The molecular weight excluding hydrogens is 328 g/mol. The molecule has 2 aromatic rings. The molecule has 4 atom stereocenters. The molecule has 3 aliphatic rings. The Balaban J connectivity index is 1.53. The number of methoxy groups -OCH3 is 1. The van der Waals surface area contributed by atoms with Crippen LogP contribution in [0.2, 0.25) is 0 Å². The molecule has 0 radical (unpaired) electrons. The Bertz CT molecular complexity index is 964. The summed E-state index contributed by atoms with van der Waals surface area (Å²) in [5.41, 5.74) is 0.768. The van der Waals surface area contributed by atoms with Crippen LogP contribution in [-0.4, -0.2) is 30.1 Å². The Morgan fingerprint density at radius 2 is 1.73 bits per heavy atom. The van der Waals surface area contributed by atoms with Crippen molar-refractivity contribution in [3.8, 4) is 5.75 Å². The van der Waals surface area contributed by atoms with Gasteiger partial charge in [0.25, 0.3) is 11.8 Å². The maximum atomic E-state index is 12.8. The molecule has 1 heterocycles. The highest BCUT2D eigenvalue weighted by Crippen LogP contribution is 2.52. The number of hydrogen-bond donors (Lipinski definition) is 0. The number of imide groups is 1. The number of fused-ring (bicyclic) bond motifs is 6. The van der Waals surface area contributed by atoms with Crippen LogP contribution in [0.1, 0.15) is 12.0 Å². The van der Waals surface area contributed by atoms with Crippen molar-refractivity contribution in [1.82, 2.24) is 5.01 Å². The van der Waals surface area contributed by atoms with E-state index >= 15 is 0 Å². The van der Waals surface area contributed by atoms with Crippen molar-refractivity contribution < 1.29 is 14.3 Å². The smallest absolute Gasteiger partial charge is 0.254 e. The largest absolute Gasteiger partial charge is 0.496 e. The first-order valence-corrected chi connectivity index (χ1v) is 8.85. The first kappa shape index (κ1) is 15.3. The SMILES string of the molecule is COc1ccc2ccccc2c1/C=N\N1C(=O)[C@H]2[C@H](C1=O)[C@H]1C=C[C@H]2C1. The lowest BCUT2D eigenvalue weighted by atomic mass is 9.85. The standard InChI is InChI=1S/C21H18N2O3/c1-26-17-9-8-12-4-2-3-5-15(12)16(17)11-22-23-20(24)18-13-6-7-14(10-13)19(18)21(23)25/h2-9,11,13-14,18-19H,10H2,1H3/b22-11-/t13-,14-,18+,19+/m0/s1. The Labute approximate surface area is 150 Å². The van der Waals surface area contributed by atoms with Crippen LogP contribution in [0.5, 0.6) is 5.75 Å². The minimum atomic E-state index is -0.232. The van der Waals surface area contributed by atoms with E-state index in [9.17, 15) is 9.59 Å². The highest BCUT2D eigenvalue weighted by molar-refractivity contribution is 6.08. The fourth-order valence-electron chi connectivity index (χ4n) is 4.70. The molecule has 2 aromatic carbocycles. The average Bonchev–Trinajstić information content (AvgIpc) is 3.34. The van der Waals surface area contributed by atoms with Gasteiger partial charge in [0.2, 0.25) is 0 Å². The molecule has 1 saturated carbocycles. The molecule has 5 rings (SSSR count). The molecule has 0 spiro atoms. The summed E-state index contributed by atoms with van der Waals surface area (Å²) in [7, 11) is 1.60. The summed E-state index contributed by atoms with van der Waals surface area (Å²) in [4.78, 5) is 25.5. The Morgan fingerprint density at radius 3 is 2.42 bits per heavy atom. The number of hydrogen-bond acceptors (Lipinski definition) is 4. The quantitative estimate of drug-likeness (QED) is 0.488. The number of nitrogens with zero attached hydrogens (tertiary/aromatic N) is 2. The zero-order chi connectivity index (χ0) is 17.8. The van der Waals surface area contributed by atoms with Crippen LogP contribution in [0.3, 0.4) is 0 Å². The summed E-state index contributed by atoms with van der Waals surface area (Å²) in [6.07, 6.45) is 6.66. The molecule has 2 aliphatic carbocycles. The predicted octanol–water partition coefficient (Wildman–Crippen LogP) is 2.99. The second kappa shape index (κ2) is 5.53. The maximum Gasteiger partial charge on any atom is 0.254 e. The van der Waals surface area contributed by atoms with Gasteiger partial charge in [-0.1, -0.05) is 42.5 Å². The number of carbonyl (C=O) groups is 2. The maximum absolute atomic E-state index is 12.8. The van der Waals surface area contributed by atoms with Crippen LogP contribution >= 0.6 is 0 Å². The molecule has 26 heavy (non-hydrogen) atoms. The molecular formula is C21H18N2O3. The van der Waals surface area contributed by atoms with Gasteiger partial charge in [-0.25, -0.2) is 0 Å². The number of amides is 2. The van der Waals surface area contributed by atoms with E-state index in [2.05, 4.69) is 17.3 Å². The van der Waals surface area contributed by atoms with E-state index < -0.39 is 0 Å². The third-order valence-corrected chi connectivity index (χ3v) is 5.90. The highest BCUT2D eigenvalue weighted by atomic mass is 16.5. The summed E-state index contributed by atoms with van der Waals surface area (Å²) < 4.78 is 5.45. The van der Waals surface area contributed by atoms with Gasteiger partial charge in [-0.05, 0) is 35.1 Å². The van der Waals surface area contributed by atoms with E-state index in [0.717, 1.165) is 27.8 Å². The Morgan fingerprint density at radius 1 is 1.04 bits per heavy atom. The fourth-order valence-corrected chi connectivity index (χ4v) is 4.70. The van der Waals surface area contributed by atoms with E-state index in [1.807, 2.05) is 36.4 Å². The number of carbonyl (C=O) groups excluding carboxylic acids is 2. The third kappa shape index (κ3) is 2.00. The van der Waals surface area contributed by atoms with Gasteiger partial charge in [0.15, 0.2) is 0 Å². The van der Waals surface area contributed by atoms with E-state index in [4.69, 9.17) is 4.74 Å². The van der Waals surface area contributed by atoms with Crippen molar-refractivity contribution in [2.45, 2.75) is 6.42 Å². The summed E-state index contributed by atoms with van der Waals surface area (Å²) >= 11 is 0. The van der Waals surface area contributed by atoms with E-state index in [-0.39, 0.29) is 35.5 Å². The molecule has 0 aromatic heterocycles. The summed E-state index contributed by atoms with van der Waals surface area (Å²) in [6, 6.07) is 11.7. The zero-order valence-corrected chi connectivity index (χ0v) is 14.3. The lowest BCUT2D eigenvalue weighted by Crippen LogP contribution is -2.28. The van der Waals surface area contributed by atoms with Gasteiger partial charge in [-0.3, -0.25) is 9.59 Å². The van der Waals surface area contributed by atoms with Gasteiger partial charge in [0.05, 0.1) is 25.2 Å². The summed E-state index contributed by atoms with van der Waals surface area (Å²) in [5.74, 6) is 0.226. The van der Waals surface area contributed by atoms with E-state index in [1.54, 1.807) is 13.3 Å². The molecule has 2 fully saturated rings. The Hall–Kier alpha value is -2.95. The Kier molecular flexibility index (Phi) is 3.26. The fraction of sp³-hybridized carbons (Fsp3) is 0.286. The van der Waals surface area contributed by atoms with Crippen molar-refractivity contribution in [1.29, 1.82) is 0 Å². The zero-order valence-electron chi connectivity index (χ0n) is 14.3. The molecule has 2 bridgehead atoms. The number of hydrazone groups is 1. The number of allylic oxidation sites excluding steroid dienone is 2. The number of rotatable bonds is 3. The van der Waals surface area contributed by atoms with Crippen molar-refractivity contribution in [2.24, 2.45) is 28.8 Å². The van der Waals surface area contributed by atoms with Gasteiger partial charge in [-0.15, -0.1) is 0 Å². The van der Waals surface area contributed by atoms with E-state index in [0.29, 0.717) is 5.75 Å². The number of ether oxygens (including phenoxy) is 1. The van der Waals surface area contributed by atoms with Gasteiger partial charge < -0.3 is 4.74 Å². The van der Waals surface area contributed by atoms with Gasteiger partial charge >= 0.3 is 0 Å². The highest BCUT2D eigenvalue weighted by Gasteiger charge is 2.59. The topological polar surface area (TPSA) is 59.0 Å².